The van der Waals surface area contributed by atoms with Crippen molar-refractivity contribution in [2.45, 2.75) is 20.4 Å². The number of aromatic nitrogens is 2. The topological polar surface area (TPSA) is 90.0 Å². The number of primary amides is 1. The van der Waals surface area contributed by atoms with Gasteiger partial charge in [0.1, 0.15) is 5.01 Å². The molecule has 3 aromatic heterocycles. The minimum absolute atomic E-state index is 0.0878. The van der Waals surface area contributed by atoms with Gasteiger partial charge in [0.2, 0.25) is 5.91 Å². The van der Waals surface area contributed by atoms with Gasteiger partial charge < -0.3 is 15.6 Å². The Kier molecular flexibility index (Phi) is 5.00. The van der Waals surface area contributed by atoms with Crippen molar-refractivity contribution in [1.82, 2.24) is 14.9 Å². The van der Waals surface area contributed by atoms with Crippen LogP contribution in [-0.4, -0.2) is 27.9 Å². The minimum Gasteiger partial charge on any atom is -0.366 e. The highest BCUT2D eigenvalue weighted by atomic mass is 32.1. The number of hydrogen-bond acceptors (Lipinski definition) is 5. The van der Waals surface area contributed by atoms with E-state index in [4.69, 9.17) is 10.7 Å². The quantitative estimate of drug-likeness (QED) is 0.695. The van der Waals surface area contributed by atoms with Crippen molar-refractivity contribution >= 4 is 34.5 Å². The molecule has 2 amide bonds. The number of amides is 2. The van der Waals surface area contributed by atoms with Gasteiger partial charge in [-0.15, -0.1) is 22.7 Å². The van der Waals surface area contributed by atoms with Crippen LogP contribution in [0.4, 0.5) is 0 Å². The van der Waals surface area contributed by atoms with E-state index in [9.17, 15) is 9.59 Å². The van der Waals surface area contributed by atoms with Crippen LogP contribution in [-0.2, 0) is 11.3 Å². The fourth-order valence-electron chi connectivity index (χ4n) is 2.64. The van der Waals surface area contributed by atoms with Crippen molar-refractivity contribution in [3.63, 3.8) is 0 Å². The summed E-state index contributed by atoms with van der Waals surface area (Å²) in [6, 6.07) is 5.80. The minimum atomic E-state index is -0.467. The average molecular weight is 374 g/mol. The Balaban J connectivity index is 1.98. The van der Waals surface area contributed by atoms with E-state index in [0.717, 1.165) is 27.0 Å². The maximum absolute atomic E-state index is 11.7. The molecule has 25 heavy (non-hydrogen) atoms. The van der Waals surface area contributed by atoms with E-state index in [0.29, 0.717) is 18.7 Å². The highest BCUT2D eigenvalue weighted by Crippen LogP contribution is 2.33. The third-order valence-electron chi connectivity index (χ3n) is 3.84. The Labute approximate surface area is 153 Å². The largest absolute Gasteiger partial charge is 0.366 e. The van der Waals surface area contributed by atoms with Gasteiger partial charge in [-0.3, -0.25) is 9.59 Å². The third kappa shape index (κ3) is 3.64. The molecule has 0 saturated carbocycles. The second kappa shape index (κ2) is 7.20. The van der Waals surface area contributed by atoms with Gasteiger partial charge in [-0.25, -0.2) is 4.98 Å². The van der Waals surface area contributed by atoms with Crippen LogP contribution in [0, 0.1) is 6.92 Å². The smallest absolute Gasteiger partial charge is 0.250 e. The molecule has 0 radical (unpaired) electrons. The molecule has 130 valence electrons. The number of hydrogen-bond donors (Lipinski definition) is 2. The first-order valence-corrected chi connectivity index (χ1v) is 9.47. The molecule has 0 aliphatic rings. The third-order valence-corrected chi connectivity index (χ3v) is 5.72. The number of thiazole rings is 1. The molecule has 8 heteroatoms. The van der Waals surface area contributed by atoms with Gasteiger partial charge in [0.25, 0.3) is 5.91 Å². The Morgan fingerprint density at radius 2 is 2.16 bits per heavy atom. The molecule has 0 bridgehead atoms. The molecule has 3 N–H and O–H groups in total. The van der Waals surface area contributed by atoms with E-state index in [-0.39, 0.29) is 5.91 Å². The van der Waals surface area contributed by atoms with Gasteiger partial charge in [-0.2, -0.15) is 0 Å². The first-order chi connectivity index (χ1) is 12.0. The number of nitrogens with zero attached hydrogens (tertiary/aromatic N) is 2. The zero-order valence-electron chi connectivity index (χ0n) is 13.9. The molecule has 0 aliphatic heterocycles. The lowest BCUT2D eigenvalue weighted by molar-refractivity contribution is -0.118. The van der Waals surface area contributed by atoms with Crippen molar-refractivity contribution < 1.29 is 9.59 Å². The SMILES string of the molecule is CC(=O)NCCn1c(-c2csc(-c3cccs3)n2)cc(C(N)=O)c1C. The van der Waals surface area contributed by atoms with Gasteiger partial charge in [0, 0.05) is 31.1 Å². The average Bonchev–Trinajstić information content (AvgIpc) is 3.26. The van der Waals surface area contributed by atoms with Crippen molar-refractivity contribution in [1.29, 1.82) is 0 Å². The fourth-order valence-corrected chi connectivity index (χ4v) is 4.27. The highest BCUT2D eigenvalue weighted by molar-refractivity contribution is 7.20. The number of nitrogens with two attached hydrogens (primary N) is 1. The molecule has 0 saturated heterocycles. The van der Waals surface area contributed by atoms with Crippen molar-refractivity contribution in [2.24, 2.45) is 5.73 Å². The van der Waals surface area contributed by atoms with E-state index < -0.39 is 5.91 Å². The Hall–Kier alpha value is -2.45. The van der Waals surface area contributed by atoms with Crippen LogP contribution in [0.3, 0.4) is 0 Å². The molecular formula is C17H18N4O2S2. The molecule has 0 unspecified atom stereocenters. The van der Waals surface area contributed by atoms with Gasteiger partial charge in [-0.1, -0.05) is 6.07 Å². The summed E-state index contributed by atoms with van der Waals surface area (Å²) in [6.45, 7) is 4.34. The summed E-state index contributed by atoms with van der Waals surface area (Å²) in [6.07, 6.45) is 0. The van der Waals surface area contributed by atoms with Gasteiger partial charge in [0.05, 0.1) is 21.8 Å². The molecule has 3 rings (SSSR count). The molecule has 0 spiro atoms. The summed E-state index contributed by atoms with van der Waals surface area (Å²) in [7, 11) is 0. The van der Waals surface area contributed by atoms with Crippen LogP contribution in [0.25, 0.3) is 21.3 Å². The number of rotatable bonds is 6. The lowest BCUT2D eigenvalue weighted by atomic mass is 10.2. The first kappa shape index (κ1) is 17.4. The molecule has 3 aromatic rings. The van der Waals surface area contributed by atoms with E-state index in [1.165, 1.54) is 6.92 Å². The highest BCUT2D eigenvalue weighted by Gasteiger charge is 2.19. The normalized spacial score (nSPS) is 10.8. The molecule has 0 atom stereocenters. The second-order valence-corrected chi connectivity index (χ2v) is 7.35. The van der Waals surface area contributed by atoms with E-state index in [1.807, 2.05) is 34.4 Å². The van der Waals surface area contributed by atoms with Crippen LogP contribution in [0.5, 0.6) is 0 Å². The summed E-state index contributed by atoms with van der Waals surface area (Å²) in [5, 5.41) is 7.71. The maximum atomic E-state index is 11.7. The lowest BCUT2D eigenvalue weighted by Gasteiger charge is -2.11. The Morgan fingerprint density at radius 3 is 2.80 bits per heavy atom. The first-order valence-electron chi connectivity index (χ1n) is 7.71. The van der Waals surface area contributed by atoms with Gasteiger partial charge >= 0.3 is 0 Å². The Morgan fingerprint density at radius 1 is 1.36 bits per heavy atom. The molecule has 0 aromatic carbocycles. The molecule has 0 aliphatic carbocycles. The molecule has 0 fully saturated rings. The van der Waals surface area contributed by atoms with E-state index in [1.54, 1.807) is 28.7 Å². The predicted molar refractivity (Wildman–Crippen MR) is 101 cm³/mol. The molecular weight excluding hydrogens is 356 g/mol. The van der Waals surface area contributed by atoms with Crippen LogP contribution in [0.2, 0.25) is 0 Å². The number of nitrogens with one attached hydrogen (secondary N) is 1. The van der Waals surface area contributed by atoms with Crippen LogP contribution >= 0.6 is 22.7 Å². The second-order valence-electron chi connectivity index (χ2n) is 5.54. The van der Waals surface area contributed by atoms with Crippen LogP contribution in [0.15, 0.2) is 29.0 Å². The molecule has 6 nitrogen and oxygen atoms in total. The summed E-state index contributed by atoms with van der Waals surface area (Å²) in [4.78, 5) is 28.7. The lowest BCUT2D eigenvalue weighted by Crippen LogP contribution is -2.25. The van der Waals surface area contributed by atoms with Crippen LogP contribution < -0.4 is 11.1 Å². The Bertz CT molecular complexity index is 909. The zero-order chi connectivity index (χ0) is 18.0. The zero-order valence-corrected chi connectivity index (χ0v) is 15.5. The van der Waals surface area contributed by atoms with E-state index in [2.05, 4.69) is 5.32 Å². The number of carbonyl (C=O) groups is 2. The standard InChI is InChI=1S/C17H18N4O2S2/c1-10-12(16(18)23)8-14(21(10)6-5-19-11(2)22)13-9-25-17(20-13)15-4-3-7-24-15/h3-4,7-9H,5-6H2,1-2H3,(H2,18,23)(H,19,22). The molecule has 3 heterocycles. The van der Waals surface area contributed by atoms with Crippen molar-refractivity contribution in [3.05, 3.63) is 40.2 Å². The monoisotopic (exact) mass is 374 g/mol. The van der Waals surface area contributed by atoms with E-state index >= 15 is 0 Å². The maximum Gasteiger partial charge on any atom is 0.250 e. The van der Waals surface area contributed by atoms with Gasteiger partial charge in [0.15, 0.2) is 0 Å². The number of thiophene rings is 1. The number of carbonyl (C=O) groups excluding carboxylic acids is 2. The summed E-state index contributed by atoms with van der Waals surface area (Å²) < 4.78 is 1.98. The predicted octanol–water partition coefficient (Wildman–Crippen LogP) is 2.88. The summed E-state index contributed by atoms with van der Waals surface area (Å²) in [5.74, 6) is -0.555. The van der Waals surface area contributed by atoms with Crippen molar-refractivity contribution in [2.75, 3.05) is 6.54 Å². The van der Waals surface area contributed by atoms with Crippen LogP contribution in [0.1, 0.15) is 23.0 Å². The van der Waals surface area contributed by atoms with Gasteiger partial charge in [-0.05, 0) is 24.4 Å². The fraction of sp³-hybridized carbons (Fsp3) is 0.235. The summed E-state index contributed by atoms with van der Waals surface area (Å²) >= 11 is 3.20. The van der Waals surface area contributed by atoms with Crippen molar-refractivity contribution in [3.8, 4) is 21.3 Å². The summed E-state index contributed by atoms with van der Waals surface area (Å²) in [5.41, 5.74) is 8.38.